The average molecular weight is 401 g/mol. The van der Waals surface area contributed by atoms with E-state index in [1.165, 1.54) is 7.11 Å². The van der Waals surface area contributed by atoms with Crippen molar-refractivity contribution in [2.45, 2.75) is 71.7 Å². The molecule has 3 amide bonds. The summed E-state index contributed by atoms with van der Waals surface area (Å²) in [6, 6.07) is -1.36. The van der Waals surface area contributed by atoms with Gasteiger partial charge >= 0.3 is 0 Å². The van der Waals surface area contributed by atoms with Crippen molar-refractivity contribution in [1.29, 1.82) is 0 Å². The second kappa shape index (κ2) is 12.0. The number of carbonyl (C=O) groups is 3. The Balaban J connectivity index is 5.67. The van der Waals surface area contributed by atoms with Crippen molar-refractivity contribution >= 4 is 17.7 Å². The third-order valence-electron chi connectivity index (χ3n) is 5.49. The first-order valence-corrected chi connectivity index (χ1v) is 9.93. The number of carbonyl (C=O) groups excluding carboxylic acids is 3. The molecule has 5 atom stereocenters. The Labute approximate surface area is 170 Å². The molecular weight excluding hydrogens is 360 g/mol. The van der Waals surface area contributed by atoms with Gasteiger partial charge in [0.25, 0.3) is 0 Å². The van der Waals surface area contributed by atoms with Crippen molar-refractivity contribution < 1.29 is 19.1 Å². The number of rotatable bonds is 12. The Morgan fingerprint density at radius 3 is 1.96 bits per heavy atom. The third kappa shape index (κ3) is 7.39. The lowest BCUT2D eigenvalue weighted by Crippen LogP contribution is -2.58. The number of nitrogens with one attached hydrogen (secondary N) is 1. The van der Waals surface area contributed by atoms with Crippen molar-refractivity contribution in [2.75, 3.05) is 28.3 Å². The van der Waals surface area contributed by atoms with E-state index >= 15 is 0 Å². The zero-order valence-electron chi connectivity index (χ0n) is 19.0. The van der Waals surface area contributed by atoms with Crippen LogP contribution in [0.15, 0.2) is 0 Å². The molecule has 0 fully saturated rings. The summed E-state index contributed by atoms with van der Waals surface area (Å²) in [5.74, 6) is -0.892. The lowest BCUT2D eigenvalue weighted by Gasteiger charge is -2.39. The van der Waals surface area contributed by atoms with E-state index in [-0.39, 0.29) is 42.2 Å². The van der Waals surface area contributed by atoms with Crippen LogP contribution in [-0.2, 0) is 19.1 Å². The maximum Gasteiger partial charge on any atom is 0.245 e. The Hall–Kier alpha value is -1.67. The molecule has 0 radical (unpaired) electrons. The number of hydrogen-bond donors (Lipinski definition) is 2. The molecule has 0 spiro atoms. The zero-order valence-corrected chi connectivity index (χ0v) is 19.0. The maximum atomic E-state index is 13.3. The first-order valence-electron chi connectivity index (χ1n) is 9.93. The second-order valence-corrected chi connectivity index (χ2v) is 8.14. The first kappa shape index (κ1) is 26.3. The van der Waals surface area contributed by atoms with Crippen molar-refractivity contribution in [3.05, 3.63) is 0 Å². The van der Waals surface area contributed by atoms with E-state index in [1.54, 1.807) is 23.8 Å². The van der Waals surface area contributed by atoms with Gasteiger partial charge in [-0.25, -0.2) is 0 Å². The smallest absolute Gasteiger partial charge is 0.245 e. The van der Waals surface area contributed by atoms with Crippen LogP contribution in [0.5, 0.6) is 0 Å². The molecule has 8 nitrogen and oxygen atoms in total. The Morgan fingerprint density at radius 1 is 1.07 bits per heavy atom. The Morgan fingerprint density at radius 2 is 1.61 bits per heavy atom. The number of ether oxygens (including phenoxy) is 1. The van der Waals surface area contributed by atoms with Gasteiger partial charge in [0.05, 0.1) is 24.6 Å². The number of likely N-dealkylation sites (N-methyl/N-ethyl adjacent to an activating group) is 2. The van der Waals surface area contributed by atoms with Crippen LogP contribution in [0.25, 0.3) is 0 Å². The van der Waals surface area contributed by atoms with E-state index < -0.39 is 18.1 Å². The standard InChI is InChI=1S/C20H40N4O4/c1-10-13(4)18(15(28-9)11-16(21)25)24(8)20(27)17(12(2)3)22-19(26)14(5)23(6)7/h12-15,17-18H,10-11H2,1-9H3,(H2,21,25)(H,22,26)/t13-,14-,15+,17-,18-/m0/s1. The van der Waals surface area contributed by atoms with E-state index in [9.17, 15) is 14.4 Å². The quantitative estimate of drug-likeness (QED) is 0.505. The molecule has 0 aliphatic carbocycles. The maximum absolute atomic E-state index is 13.3. The van der Waals surface area contributed by atoms with Crippen LogP contribution < -0.4 is 11.1 Å². The van der Waals surface area contributed by atoms with E-state index in [2.05, 4.69) is 5.32 Å². The molecular formula is C20H40N4O4. The lowest BCUT2D eigenvalue weighted by atomic mass is 9.90. The van der Waals surface area contributed by atoms with Crippen molar-refractivity contribution in [2.24, 2.45) is 17.6 Å². The minimum absolute atomic E-state index is 0.0273. The summed E-state index contributed by atoms with van der Waals surface area (Å²) in [6.07, 6.45) is 0.321. The van der Waals surface area contributed by atoms with Gasteiger partial charge in [0.2, 0.25) is 17.7 Å². The van der Waals surface area contributed by atoms with Gasteiger partial charge in [-0.05, 0) is 32.9 Å². The number of nitrogens with zero attached hydrogens (tertiary/aromatic N) is 2. The second-order valence-electron chi connectivity index (χ2n) is 8.14. The molecule has 3 N–H and O–H groups in total. The van der Waals surface area contributed by atoms with Crippen LogP contribution in [0.1, 0.15) is 47.5 Å². The molecule has 0 aromatic carbocycles. The van der Waals surface area contributed by atoms with Crippen molar-refractivity contribution in [3.63, 3.8) is 0 Å². The monoisotopic (exact) mass is 400 g/mol. The van der Waals surface area contributed by atoms with Crippen molar-refractivity contribution in [3.8, 4) is 0 Å². The van der Waals surface area contributed by atoms with Gasteiger partial charge in [-0.15, -0.1) is 0 Å². The minimum atomic E-state index is -0.669. The van der Waals surface area contributed by atoms with E-state index in [4.69, 9.17) is 10.5 Å². The van der Waals surface area contributed by atoms with E-state index in [1.807, 2.05) is 41.8 Å². The fourth-order valence-electron chi connectivity index (χ4n) is 3.17. The number of hydrogen-bond acceptors (Lipinski definition) is 5. The molecule has 0 saturated carbocycles. The SMILES string of the molecule is CC[C@H](C)[C@@H]([C@@H](CC(N)=O)OC)N(C)C(=O)[C@@H](NC(=O)[C@H](C)N(C)C)C(C)C. The Bertz CT molecular complexity index is 524. The van der Waals surface area contributed by atoms with Gasteiger partial charge in [-0.1, -0.05) is 34.1 Å². The fraction of sp³-hybridized carbons (Fsp3) is 0.850. The summed E-state index contributed by atoms with van der Waals surface area (Å²) >= 11 is 0. The molecule has 0 aromatic heterocycles. The first-order chi connectivity index (χ1) is 12.9. The molecule has 0 saturated heterocycles. The number of nitrogens with two attached hydrogens (primary N) is 1. The van der Waals surface area contributed by atoms with Crippen molar-refractivity contribution in [1.82, 2.24) is 15.1 Å². The van der Waals surface area contributed by atoms with Gasteiger partial charge in [0, 0.05) is 14.2 Å². The molecule has 0 bridgehead atoms. The van der Waals surface area contributed by atoms with E-state index in [0.717, 1.165) is 6.42 Å². The third-order valence-corrected chi connectivity index (χ3v) is 5.49. The van der Waals surface area contributed by atoms with Crippen LogP contribution in [0.2, 0.25) is 0 Å². The highest BCUT2D eigenvalue weighted by Gasteiger charge is 2.37. The molecule has 0 unspecified atom stereocenters. The fourth-order valence-corrected chi connectivity index (χ4v) is 3.17. The summed E-state index contributed by atoms with van der Waals surface area (Å²) < 4.78 is 5.52. The average Bonchev–Trinajstić information content (AvgIpc) is 2.62. The topological polar surface area (TPSA) is 105 Å². The minimum Gasteiger partial charge on any atom is -0.379 e. The molecule has 164 valence electrons. The van der Waals surface area contributed by atoms with Crippen LogP contribution >= 0.6 is 0 Å². The highest BCUT2D eigenvalue weighted by Crippen LogP contribution is 2.23. The summed E-state index contributed by atoms with van der Waals surface area (Å²) in [7, 11) is 6.84. The highest BCUT2D eigenvalue weighted by molar-refractivity contribution is 5.90. The molecule has 0 aromatic rings. The van der Waals surface area contributed by atoms with Gasteiger partial charge < -0.3 is 20.7 Å². The van der Waals surface area contributed by atoms with E-state index in [0.29, 0.717) is 0 Å². The Kier molecular flexibility index (Phi) is 11.3. The molecule has 0 rings (SSSR count). The number of methoxy groups -OCH3 is 1. The van der Waals surface area contributed by atoms with Gasteiger partial charge in [-0.3, -0.25) is 19.3 Å². The predicted octanol–water partition coefficient (Wildman–Crippen LogP) is 0.841. The van der Waals surface area contributed by atoms with Crippen LogP contribution in [0.4, 0.5) is 0 Å². The predicted molar refractivity (Wildman–Crippen MR) is 111 cm³/mol. The zero-order chi connectivity index (χ0) is 22.2. The molecule has 8 heteroatoms. The van der Waals surface area contributed by atoms with Gasteiger partial charge in [-0.2, -0.15) is 0 Å². The van der Waals surface area contributed by atoms with Crippen LogP contribution in [-0.4, -0.2) is 80.0 Å². The normalized spacial score (nSPS) is 17.0. The summed E-state index contributed by atoms with van der Waals surface area (Å²) in [6.45, 7) is 9.61. The highest BCUT2D eigenvalue weighted by atomic mass is 16.5. The summed E-state index contributed by atoms with van der Waals surface area (Å²) in [5, 5.41) is 2.88. The van der Waals surface area contributed by atoms with Gasteiger partial charge in [0.15, 0.2) is 0 Å². The van der Waals surface area contributed by atoms with Crippen LogP contribution in [0.3, 0.4) is 0 Å². The largest absolute Gasteiger partial charge is 0.379 e. The summed E-state index contributed by atoms with van der Waals surface area (Å²) in [4.78, 5) is 40.7. The molecule has 0 heterocycles. The lowest BCUT2D eigenvalue weighted by molar-refractivity contribution is -0.144. The summed E-state index contributed by atoms with van der Waals surface area (Å²) in [5.41, 5.74) is 5.38. The number of amides is 3. The number of primary amides is 1. The van der Waals surface area contributed by atoms with Crippen LogP contribution in [0, 0.1) is 11.8 Å². The molecule has 0 aliphatic rings. The molecule has 0 aliphatic heterocycles. The van der Waals surface area contributed by atoms with Gasteiger partial charge in [0.1, 0.15) is 6.04 Å². The molecule has 28 heavy (non-hydrogen) atoms.